The van der Waals surface area contributed by atoms with Crippen molar-refractivity contribution in [1.82, 2.24) is 5.32 Å². The van der Waals surface area contributed by atoms with Crippen LogP contribution in [0.25, 0.3) is 6.08 Å². The summed E-state index contributed by atoms with van der Waals surface area (Å²) in [4.78, 5) is 12.0. The summed E-state index contributed by atoms with van der Waals surface area (Å²) in [6.07, 6.45) is -0.359. The van der Waals surface area contributed by atoms with Crippen molar-refractivity contribution in [3.8, 4) is 0 Å². The van der Waals surface area contributed by atoms with E-state index in [1.807, 2.05) is 13.8 Å². The van der Waals surface area contributed by atoms with Crippen LogP contribution in [-0.2, 0) is 15.7 Å². The molecule has 1 N–H and O–H groups in total. The Morgan fingerprint density at radius 2 is 2.00 bits per heavy atom. The minimum atomic E-state index is -4.35. The smallest absolute Gasteiger partial charge is 0.370 e. The summed E-state index contributed by atoms with van der Waals surface area (Å²) in [7, 11) is 0. The third-order valence-electron chi connectivity index (χ3n) is 4.02. The van der Waals surface area contributed by atoms with Gasteiger partial charge in [-0.05, 0) is 44.0 Å². The van der Waals surface area contributed by atoms with Crippen molar-refractivity contribution in [2.45, 2.75) is 44.6 Å². The zero-order valence-electron chi connectivity index (χ0n) is 14.2. The van der Waals surface area contributed by atoms with Crippen molar-refractivity contribution in [2.75, 3.05) is 13.1 Å². The molecule has 0 spiro atoms. The largest absolute Gasteiger partial charge is 0.416 e. The van der Waals surface area contributed by atoms with Crippen LogP contribution in [0.5, 0.6) is 0 Å². The van der Waals surface area contributed by atoms with E-state index in [4.69, 9.17) is 4.74 Å². The van der Waals surface area contributed by atoms with Crippen LogP contribution in [0.15, 0.2) is 30.3 Å². The van der Waals surface area contributed by atoms with Gasteiger partial charge in [0, 0.05) is 19.5 Å². The maximum absolute atomic E-state index is 12.5. The number of halogens is 4. The lowest BCUT2D eigenvalue weighted by atomic mass is 9.96. The van der Waals surface area contributed by atoms with Gasteiger partial charge < -0.3 is 10.1 Å². The molecule has 0 aliphatic carbocycles. The van der Waals surface area contributed by atoms with Crippen LogP contribution >= 0.6 is 12.4 Å². The number of rotatable bonds is 5. The Bertz CT molecular complexity index is 601. The topological polar surface area (TPSA) is 38.3 Å². The number of hydrogen-bond donors (Lipinski definition) is 1. The van der Waals surface area contributed by atoms with Gasteiger partial charge in [-0.2, -0.15) is 13.2 Å². The second kappa shape index (κ2) is 8.83. The number of ether oxygens (including phenoxy) is 1. The molecule has 2 atom stereocenters. The van der Waals surface area contributed by atoms with Crippen molar-refractivity contribution >= 4 is 24.3 Å². The molecule has 140 valence electrons. The summed E-state index contributed by atoms with van der Waals surface area (Å²) in [5, 5.41) is 3.28. The van der Waals surface area contributed by atoms with E-state index in [1.165, 1.54) is 24.3 Å². The van der Waals surface area contributed by atoms with Crippen molar-refractivity contribution < 1.29 is 22.7 Å². The van der Waals surface area contributed by atoms with Crippen LogP contribution in [0.1, 0.15) is 37.8 Å². The molecule has 1 fully saturated rings. The predicted molar refractivity (Wildman–Crippen MR) is 93.8 cm³/mol. The Kier molecular flexibility index (Phi) is 7.65. The quantitative estimate of drug-likeness (QED) is 0.779. The Hall–Kier alpha value is -1.37. The van der Waals surface area contributed by atoms with Crippen molar-refractivity contribution in [3.63, 3.8) is 0 Å². The number of carbonyl (C=O) groups excluding carboxylic acids is 1. The minimum absolute atomic E-state index is 0. The molecular formula is C18H23ClF3NO2. The maximum Gasteiger partial charge on any atom is 0.416 e. The third-order valence-corrected chi connectivity index (χ3v) is 4.02. The molecule has 1 aromatic rings. The summed E-state index contributed by atoms with van der Waals surface area (Å²) >= 11 is 0. The van der Waals surface area contributed by atoms with Gasteiger partial charge >= 0.3 is 6.18 Å². The Labute approximate surface area is 152 Å². The molecule has 0 radical (unpaired) electrons. The molecule has 2 unspecified atom stereocenters. The van der Waals surface area contributed by atoms with Gasteiger partial charge in [0.2, 0.25) is 0 Å². The fourth-order valence-corrected chi connectivity index (χ4v) is 2.70. The highest BCUT2D eigenvalue weighted by atomic mass is 35.5. The van der Waals surface area contributed by atoms with Crippen LogP contribution in [0, 0.1) is 0 Å². The maximum atomic E-state index is 12.5. The number of carbonyl (C=O) groups is 1. The van der Waals surface area contributed by atoms with Gasteiger partial charge in [0.15, 0.2) is 5.78 Å². The number of ketones is 1. The molecule has 0 bridgehead atoms. The average molecular weight is 378 g/mol. The standard InChI is InChI=1S/C18H22F3NO2.ClH/c1-13-11-22-12-17(2,24-13)10-9-16(23)8-5-14-3-6-15(7-4-14)18(19,20)21;/h3-8,13,22H,9-12H2,1-2H3;1H/b8-5+;. The molecular weight excluding hydrogens is 355 g/mol. The van der Waals surface area contributed by atoms with Crippen molar-refractivity contribution in [3.05, 3.63) is 41.5 Å². The van der Waals surface area contributed by atoms with E-state index in [1.54, 1.807) is 0 Å². The fraction of sp³-hybridized carbons (Fsp3) is 0.500. The average Bonchev–Trinajstić information content (AvgIpc) is 2.50. The van der Waals surface area contributed by atoms with Crippen molar-refractivity contribution in [2.24, 2.45) is 0 Å². The third kappa shape index (κ3) is 6.80. The number of morpholine rings is 1. The lowest BCUT2D eigenvalue weighted by molar-refractivity contribution is -0.137. The molecule has 3 nitrogen and oxygen atoms in total. The van der Waals surface area contributed by atoms with Crippen LogP contribution in [0.4, 0.5) is 13.2 Å². The van der Waals surface area contributed by atoms with E-state index in [0.717, 1.165) is 18.7 Å². The normalized spacial score (nSPS) is 24.1. The minimum Gasteiger partial charge on any atom is -0.370 e. The van der Waals surface area contributed by atoms with Gasteiger partial charge in [0.25, 0.3) is 0 Å². The van der Waals surface area contributed by atoms with E-state index in [0.29, 0.717) is 24.9 Å². The van der Waals surface area contributed by atoms with Crippen LogP contribution in [0.2, 0.25) is 0 Å². The second-order valence-electron chi connectivity index (χ2n) is 6.43. The number of allylic oxidation sites excluding steroid dienone is 1. The van der Waals surface area contributed by atoms with Gasteiger partial charge in [-0.1, -0.05) is 18.2 Å². The van der Waals surface area contributed by atoms with Gasteiger partial charge in [-0.15, -0.1) is 12.4 Å². The highest BCUT2D eigenvalue weighted by Gasteiger charge is 2.31. The molecule has 2 rings (SSSR count). The van der Waals surface area contributed by atoms with Gasteiger partial charge in [-0.3, -0.25) is 4.79 Å². The van der Waals surface area contributed by atoms with E-state index in [2.05, 4.69) is 5.32 Å². The molecule has 0 aromatic heterocycles. The molecule has 1 aliphatic rings. The number of hydrogen-bond acceptors (Lipinski definition) is 3. The van der Waals surface area contributed by atoms with Crippen LogP contribution in [0.3, 0.4) is 0 Å². The summed E-state index contributed by atoms with van der Waals surface area (Å²) < 4.78 is 43.3. The van der Waals surface area contributed by atoms with Gasteiger partial charge in [0.1, 0.15) is 0 Å². The first-order chi connectivity index (χ1) is 11.2. The molecule has 1 saturated heterocycles. The van der Waals surface area contributed by atoms with E-state index < -0.39 is 11.7 Å². The first kappa shape index (κ1) is 21.7. The lowest BCUT2D eigenvalue weighted by Gasteiger charge is -2.38. The molecule has 1 aromatic carbocycles. The van der Waals surface area contributed by atoms with Crippen LogP contribution < -0.4 is 5.32 Å². The lowest BCUT2D eigenvalue weighted by Crippen LogP contribution is -2.51. The first-order valence-corrected chi connectivity index (χ1v) is 7.95. The predicted octanol–water partition coefficient (Wildman–Crippen LogP) is 4.26. The summed E-state index contributed by atoms with van der Waals surface area (Å²) in [5.41, 5.74) is -0.503. The number of nitrogens with one attached hydrogen (secondary N) is 1. The molecule has 0 saturated carbocycles. The Balaban J connectivity index is 0.00000312. The zero-order chi connectivity index (χ0) is 17.8. The van der Waals surface area contributed by atoms with Crippen LogP contribution in [-0.4, -0.2) is 30.6 Å². The second-order valence-corrected chi connectivity index (χ2v) is 6.43. The molecule has 1 heterocycles. The van der Waals surface area contributed by atoms with E-state index in [9.17, 15) is 18.0 Å². The van der Waals surface area contributed by atoms with Crippen molar-refractivity contribution in [1.29, 1.82) is 0 Å². The first-order valence-electron chi connectivity index (χ1n) is 7.95. The summed E-state index contributed by atoms with van der Waals surface area (Å²) in [6.45, 7) is 5.46. The Morgan fingerprint density at radius 3 is 2.56 bits per heavy atom. The summed E-state index contributed by atoms with van der Waals surface area (Å²) in [6, 6.07) is 4.72. The fourth-order valence-electron chi connectivity index (χ4n) is 2.70. The summed E-state index contributed by atoms with van der Waals surface area (Å²) in [5.74, 6) is -0.0713. The zero-order valence-corrected chi connectivity index (χ0v) is 15.0. The van der Waals surface area contributed by atoms with Gasteiger partial charge in [-0.25, -0.2) is 0 Å². The number of benzene rings is 1. The number of alkyl halides is 3. The Morgan fingerprint density at radius 1 is 1.36 bits per heavy atom. The molecule has 0 amide bonds. The monoisotopic (exact) mass is 377 g/mol. The van der Waals surface area contributed by atoms with E-state index >= 15 is 0 Å². The van der Waals surface area contributed by atoms with E-state index in [-0.39, 0.29) is 29.9 Å². The highest BCUT2D eigenvalue weighted by Crippen LogP contribution is 2.29. The molecule has 7 heteroatoms. The highest BCUT2D eigenvalue weighted by molar-refractivity contribution is 5.93. The van der Waals surface area contributed by atoms with Gasteiger partial charge in [0.05, 0.1) is 17.3 Å². The molecule has 1 aliphatic heterocycles. The molecule has 25 heavy (non-hydrogen) atoms. The SMILES string of the molecule is CC1CNCC(C)(CCC(=O)/C=C/c2ccc(C(F)(F)F)cc2)O1.Cl.